The highest BCUT2D eigenvalue weighted by Gasteiger charge is 2.46. The Morgan fingerprint density at radius 2 is 1.62 bits per heavy atom. The van der Waals surface area contributed by atoms with Crippen molar-refractivity contribution in [2.75, 3.05) is 6.54 Å². The first-order valence-electron chi connectivity index (χ1n) is 13.0. The molecule has 0 saturated carbocycles. The summed E-state index contributed by atoms with van der Waals surface area (Å²) in [4.78, 5) is 52.8. The van der Waals surface area contributed by atoms with Crippen LogP contribution in [-0.2, 0) is 14.4 Å². The number of hydrogen-bond acceptors (Lipinski definition) is 5. The summed E-state index contributed by atoms with van der Waals surface area (Å²) in [6.45, 7) is 7.88. The quantitative estimate of drug-likeness (QED) is 0.452. The fourth-order valence-corrected chi connectivity index (χ4v) is 4.67. The summed E-state index contributed by atoms with van der Waals surface area (Å²) in [7, 11) is 0. The van der Waals surface area contributed by atoms with Crippen molar-refractivity contribution < 1.29 is 36.7 Å². The molecule has 0 aliphatic carbocycles. The van der Waals surface area contributed by atoms with Gasteiger partial charge in [0.1, 0.15) is 23.6 Å². The molecule has 0 bridgehead atoms. The number of amides is 3. The SMILES string of the molecule is Cc1c(C(=O)N[C@H](C(=O)N2CCC[C@H]2C(=O)N[C@H](C(=O)C(F)(F)F)C(C)C)C(C)C)cnn1-c1ccccc1F. The molecule has 0 spiro atoms. The lowest BCUT2D eigenvalue weighted by Gasteiger charge is -2.31. The molecule has 3 amide bonds. The number of benzene rings is 1. The molecular formula is C27H33F4N5O4. The zero-order chi connectivity index (χ0) is 29.9. The predicted octanol–water partition coefficient (Wildman–Crippen LogP) is 3.34. The Balaban J connectivity index is 1.78. The number of rotatable bonds is 9. The first kappa shape index (κ1) is 30.8. The lowest BCUT2D eigenvalue weighted by atomic mass is 9.98. The van der Waals surface area contributed by atoms with Crippen molar-refractivity contribution in [3.05, 3.63) is 47.5 Å². The molecule has 2 aromatic rings. The van der Waals surface area contributed by atoms with Gasteiger partial charge >= 0.3 is 6.18 Å². The molecular weight excluding hydrogens is 534 g/mol. The summed E-state index contributed by atoms with van der Waals surface area (Å²) in [6.07, 6.45) is -3.26. The van der Waals surface area contributed by atoms with Gasteiger partial charge in [0, 0.05) is 6.54 Å². The van der Waals surface area contributed by atoms with E-state index in [1.165, 1.54) is 47.8 Å². The monoisotopic (exact) mass is 567 g/mol. The first-order valence-corrected chi connectivity index (χ1v) is 13.0. The van der Waals surface area contributed by atoms with Gasteiger partial charge < -0.3 is 15.5 Å². The van der Waals surface area contributed by atoms with Crippen LogP contribution in [-0.4, -0.2) is 69.0 Å². The van der Waals surface area contributed by atoms with Crippen LogP contribution in [0.15, 0.2) is 30.5 Å². The number of halogens is 4. The van der Waals surface area contributed by atoms with Crippen LogP contribution < -0.4 is 10.6 Å². The third kappa shape index (κ3) is 6.50. The van der Waals surface area contributed by atoms with E-state index >= 15 is 0 Å². The highest BCUT2D eigenvalue weighted by molar-refractivity contribution is 6.00. The topological polar surface area (TPSA) is 113 Å². The van der Waals surface area contributed by atoms with E-state index in [4.69, 9.17) is 0 Å². The van der Waals surface area contributed by atoms with E-state index in [0.717, 1.165) is 0 Å². The Hall–Kier alpha value is -3.77. The third-order valence-corrected chi connectivity index (χ3v) is 6.92. The number of likely N-dealkylation sites (tertiary alicyclic amines) is 1. The Morgan fingerprint density at radius 3 is 2.20 bits per heavy atom. The molecule has 0 unspecified atom stereocenters. The number of nitrogens with one attached hydrogen (secondary N) is 2. The molecule has 1 aromatic carbocycles. The van der Waals surface area contributed by atoms with E-state index in [1.807, 2.05) is 0 Å². The van der Waals surface area contributed by atoms with Gasteiger partial charge in [-0.1, -0.05) is 39.8 Å². The number of aromatic nitrogens is 2. The molecule has 13 heteroatoms. The summed E-state index contributed by atoms with van der Waals surface area (Å²) < 4.78 is 54.7. The van der Waals surface area contributed by atoms with Gasteiger partial charge in [0.2, 0.25) is 11.8 Å². The van der Waals surface area contributed by atoms with E-state index in [2.05, 4.69) is 15.7 Å². The van der Waals surface area contributed by atoms with Crippen LogP contribution in [0.3, 0.4) is 0 Å². The maximum Gasteiger partial charge on any atom is 0.452 e. The number of alkyl halides is 3. The van der Waals surface area contributed by atoms with Crippen molar-refractivity contribution in [3.8, 4) is 5.69 Å². The molecule has 1 aliphatic heterocycles. The number of para-hydroxylation sites is 1. The number of ketones is 1. The van der Waals surface area contributed by atoms with Crippen molar-refractivity contribution >= 4 is 23.5 Å². The lowest BCUT2D eigenvalue weighted by Crippen LogP contribution is -2.58. The molecule has 3 atom stereocenters. The smallest absolute Gasteiger partial charge is 0.344 e. The normalized spacial score (nSPS) is 17.2. The van der Waals surface area contributed by atoms with Gasteiger partial charge in [0.05, 0.1) is 23.5 Å². The Bertz CT molecular complexity index is 1270. The highest BCUT2D eigenvalue weighted by atomic mass is 19.4. The van der Waals surface area contributed by atoms with Crippen molar-refractivity contribution in [2.45, 2.75) is 71.8 Å². The second-order valence-corrected chi connectivity index (χ2v) is 10.5. The van der Waals surface area contributed by atoms with Crippen LogP contribution in [0, 0.1) is 24.6 Å². The predicted molar refractivity (Wildman–Crippen MR) is 137 cm³/mol. The van der Waals surface area contributed by atoms with E-state index in [9.17, 15) is 36.7 Å². The van der Waals surface area contributed by atoms with E-state index < -0.39 is 65.5 Å². The van der Waals surface area contributed by atoms with E-state index in [1.54, 1.807) is 26.8 Å². The van der Waals surface area contributed by atoms with E-state index in [-0.39, 0.29) is 24.2 Å². The van der Waals surface area contributed by atoms with E-state index in [0.29, 0.717) is 12.1 Å². The van der Waals surface area contributed by atoms with Crippen molar-refractivity contribution in [1.82, 2.24) is 25.3 Å². The standard InChI is InChI=1S/C27H33F4N5O4/c1-14(2)21(23(37)27(29,30)31)33-25(39)20-11-8-12-35(20)26(40)22(15(3)4)34-24(38)17-13-32-36(16(17)5)19-10-7-6-9-18(19)28/h6-7,9-10,13-15,20-22H,8,11-12H2,1-5H3,(H,33,39)(H,34,38)/t20-,21-,22-/m0/s1. The minimum Gasteiger partial charge on any atom is -0.344 e. The fraction of sp³-hybridized carbons (Fsp3) is 0.519. The summed E-state index contributed by atoms with van der Waals surface area (Å²) >= 11 is 0. The molecule has 1 fully saturated rings. The van der Waals surface area contributed by atoms with Crippen LogP contribution in [0.4, 0.5) is 17.6 Å². The minimum absolute atomic E-state index is 0.114. The molecule has 9 nitrogen and oxygen atoms in total. The number of carbonyl (C=O) groups is 4. The van der Waals surface area contributed by atoms with Crippen LogP contribution in [0.25, 0.3) is 5.69 Å². The summed E-state index contributed by atoms with van der Waals surface area (Å²) in [5.41, 5.74) is 0.595. The van der Waals surface area contributed by atoms with Crippen LogP contribution in [0.2, 0.25) is 0 Å². The third-order valence-electron chi connectivity index (χ3n) is 6.92. The Labute approximate surface area is 229 Å². The van der Waals surface area contributed by atoms with Gasteiger partial charge in [-0.05, 0) is 43.7 Å². The van der Waals surface area contributed by atoms with Crippen molar-refractivity contribution in [2.24, 2.45) is 11.8 Å². The van der Waals surface area contributed by atoms with Gasteiger partial charge in [-0.25, -0.2) is 9.07 Å². The maximum absolute atomic E-state index is 14.3. The largest absolute Gasteiger partial charge is 0.452 e. The number of hydrogen-bond donors (Lipinski definition) is 2. The van der Waals surface area contributed by atoms with Gasteiger partial charge in [-0.3, -0.25) is 19.2 Å². The van der Waals surface area contributed by atoms with Gasteiger partial charge in [-0.15, -0.1) is 0 Å². The van der Waals surface area contributed by atoms with Gasteiger partial charge in [0.25, 0.3) is 11.7 Å². The zero-order valence-corrected chi connectivity index (χ0v) is 22.9. The second kappa shape index (κ2) is 12.2. The molecule has 0 radical (unpaired) electrons. The summed E-state index contributed by atoms with van der Waals surface area (Å²) in [6, 6.07) is 1.94. The molecule has 218 valence electrons. The van der Waals surface area contributed by atoms with Gasteiger partial charge in [0.15, 0.2) is 0 Å². The number of Topliss-reactive ketones (excluding diaryl/α,β-unsaturated/α-hetero) is 1. The molecule has 1 saturated heterocycles. The molecule has 1 aliphatic rings. The molecule has 2 heterocycles. The number of nitrogens with zero attached hydrogens (tertiary/aromatic N) is 3. The second-order valence-electron chi connectivity index (χ2n) is 10.5. The molecule has 1 aromatic heterocycles. The fourth-order valence-electron chi connectivity index (χ4n) is 4.67. The van der Waals surface area contributed by atoms with Crippen molar-refractivity contribution in [1.29, 1.82) is 0 Å². The summed E-state index contributed by atoms with van der Waals surface area (Å²) in [5.74, 6) is -5.93. The Morgan fingerprint density at radius 1 is 1.00 bits per heavy atom. The van der Waals surface area contributed by atoms with Crippen LogP contribution in [0.5, 0.6) is 0 Å². The minimum atomic E-state index is -5.13. The Kier molecular flexibility index (Phi) is 9.36. The van der Waals surface area contributed by atoms with Crippen LogP contribution >= 0.6 is 0 Å². The average Bonchev–Trinajstić information content (AvgIpc) is 3.51. The van der Waals surface area contributed by atoms with Crippen LogP contribution in [0.1, 0.15) is 56.6 Å². The van der Waals surface area contributed by atoms with Gasteiger partial charge in [-0.2, -0.15) is 18.3 Å². The maximum atomic E-state index is 14.3. The first-order chi connectivity index (χ1) is 18.6. The zero-order valence-electron chi connectivity index (χ0n) is 22.9. The lowest BCUT2D eigenvalue weighted by molar-refractivity contribution is -0.175. The highest BCUT2D eigenvalue weighted by Crippen LogP contribution is 2.24. The van der Waals surface area contributed by atoms with Crippen molar-refractivity contribution in [3.63, 3.8) is 0 Å². The average molecular weight is 568 g/mol. The molecule has 3 rings (SSSR count). The number of carbonyl (C=O) groups excluding carboxylic acids is 4. The summed E-state index contributed by atoms with van der Waals surface area (Å²) in [5, 5.41) is 8.97. The molecule has 2 N–H and O–H groups in total. The molecule has 40 heavy (non-hydrogen) atoms.